The number of carbonyl (C=O) groups excluding carboxylic acids is 1. The van der Waals surface area contributed by atoms with Gasteiger partial charge in [0.25, 0.3) is 0 Å². The standard InChI is InChI=1S/C16H28N2O2/c1-2-15(20)18-10-13-9-17(14-5-3-4-6-14)8-7-16(13,11-18)12-19/h13-14,19H,2-12H2,1H3/t13-,16+/m0/s1. The molecule has 3 rings (SSSR count). The third-order valence-electron chi connectivity index (χ3n) is 5.98. The fraction of sp³-hybridized carbons (Fsp3) is 0.938. The van der Waals surface area contributed by atoms with E-state index in [9.17, 15) is 9.90 Å². The summed E-state index contributed by atoms with van der Waals surface area (Å²) in [6.45, 7) is 5.99. The summed E-state index contributed by atoms with van der Waals surface area (Å²) < 4.78 is 0. The molecule has 20 heavy (non-hydrogen) atoms. The first-order valence-corrected chi connectivity index (χ1v) is 8.31. The number of hydrogen-bond donors (Lipinski definition) is 1. The maximum atomic E-state index is 12.0. The quantitative estimate of drug-likeness (QED) is 0.851. The van der Waals surface area contributed by atoms with Crippen LogP contribution in [0.3, 0.4) is 0 Å². The molecular formula is C16H28N2O2. The summed E-state index contributed by atoms with van der Waals surface area (Å²) in [5.74, 6) is 0.719. The zero-order valence-corrected chi connectivity index (χ0v) is 12.7. The summed E-state index contributed by atoms with van der Waals surface area (Å²) in [4.78, 5) is 16.6. The minimum Gasteiger partial charge on any atom is -0.396 e. The molecule has 3 aliphatic rings. The molecule has 4 heteroatoms. The number of aliphatic hydroxyl groups is 1. The van der Waals surface area contributed by atoms with Gasteiger partial charge in [0, 0.05) is 37.5 Å². The van der Waals surface area contributed by atoms with E-state index in [1.165, 1.54) is 25.7 Å². The molecule has 4 nitrogen and oxygen atoms in total. The van der Waals surface area contributed by atoms with Gasteiger partial charge in [0.05, 0.1) is 6.61 Å². The molecule has 0 radical (unpaired) electrons. The van der Waals surface area contributed by atoms with E-state index in [0.717, 1.165) is 38.6 Å². The first-order valence-electron chi connectivity index (χ1n) is 8.31. The average Bonchev–Trinajstić information content (AvgIpc) is 3.12. The molecule has 0 bridgehead atoms. The molecule has 2 aliphatic heterocycles. The predicted molar refractivity (Wildman–Crippen MR) is 78.3 cm³/mol. The Bertz CT molecular complexity index is 367. The van der Waals surface area contributed by atoms with Gasteiger partial charge < -0.3 is 10.0 Å². The molecule has 1 aliphatic carbocycles. The summed E-state index contributed by atoms with van der Waals surface area (Å²) >= 11 is 0. The second-order valence-electron chi connectivity index (χ2n) is 7.03. The van der Waals surface area contributed by atoms with Crippen molar-refractivity contribution >= 4 is 5.91 Å². The molecule has 0 aromatic carbocycles. The molecule has 2 heterocycles. The Hall–Kier alpha value is -0.610. The van der Waals surface area contributed by atoms with Gasteiger partial charge in [0.15, 0.2) is 0 Å². The highest BCUT2D eigenvalue weighted by atomic mass is 16.3. The number of fused-ring (bicyclic) bond motifs is 1. The highest BCUT2D eigenvalue weighted by Crippen LogP contribution is 2.44. The van der Waals surface area contributed by atoms with Gasteiger partial charge in [-0.2, -0.15) is 0 Å². The Morgan fingerprint density at radius 2 is 2.05 bits per heavy atom. The minimum atomic E-state index is -0.0140. The molecular weight excluding hydrogens is 252 g/mol. The summed E-state index contributed by atoms with van der Waals surface area (Å²) in [6, 6.07) is 0.766. The van der Waals surface area contributed by atoms with Crippen LogP contribution in [-0.4, -0.2) is 59.6 Å². The smallest absolute Gasteiger partial charge is 0.222 e. The molecule has 114 valence electrons. The SMILES string of the molecule is CCC(=O)N1C[C@@H]2CN(C3CCCC3)CC[C@]2(CO)C1. The van der Waals surface area contributed by atoms with E-state index in [1.54, 1.807) is 0 Å². The van der Waals surface area contributed by atoms with Gasteiger partial charge in [0.1, 0.15) is 0 Å². The lowest BCUT2D eigenvalue weighted by molar-refractivity contribution is -0.130. The second-order valence-corrected chi connectivity index (χ2v) is 7.03. The molecule has 0 aromatic heterocycles. The van der Waals surface area contributed by atoms with Crippen molar-refractivity contribution < 1.29 is 9.90 Å². The molecule has 2 saturated heterocycles. The predicted octanol–water partition coefficient (Wildman–Crippen LogP) is 1.48. The van der Waals surface area contributed by atoms with Crippen molar-refractivity contribution in [1.29, 1.82) is 0 Å². The number of carbonyl (C=O) groups is 1. The number of aliphatic hydroxyl groups excluding tert-OH is 1. The van der Waals surface area contributed by atoms with Crippen LogP contribution in [0.2, 0.25) is 0 Å². The average molecular weight is 280 g/mol. The zero-order chi connectivity index (χ0) is 14.2. The Balaban J connectivity index is 1.69. The molecule has 1 saturated carbocycles. The van der Waals surface area contributed by atoms with Gasteiger partial charge in [-0.15, -0.1) is 0 Å². The van der Waals surface area contributed by atoms with E-state index in [4.69, 9.17) is 0 Å². The zero-order valence-electron chi connectivity index (χ0n) is 12.7. The molecule has 1 amide bonds. The van der Waals surface area contributed by atoms with Crippen molar-refractivity contribution in [3.8, 4) is 0 Å². The first-order chi connectivity index (χ1) is 9.68. The fourth-order valence-electron chi connectivity index (χ4n) is 4.58. The van der Waals surface area contributed by atoms with E-state index in [-0.39, 0.29) is 17.9 Å². The summed E-state index contributed by atoms with van der Waals surface area (Å²) in [7, 11) is 0. The van der Waals surface area contributed by atoms with Crippen LogP contribution in [0.25, 0.3) is 0 Å². The highest BCUT2D eigenvalue weighted by molar-refractivity contribution is 5.76. The van der Waals surface area contributed by atoms with Crippen molar-refractivity contribution in [2.24, 2.45) is 11.3 Å². The maximum absolute atomic E-state index is 12.0. The minimum absolute atomic E-state index is 0.0140. The van der Waals surface area contributed by atoms with Crippen LogP contribution in [0.5, 0.6) is 0 Å². The molecule has 2 atom stereocenters. The normalized spacial score (nSPS) is 35.5. The lowest BCUT2D eigenvalue weighted by Crippen LogP contribution is -2.51. The van der Waals surface area contributed by atoms with Crippen molar-refractivity contribution in [3.05, 3.63) is 0 Å². The number of hydrogen-bond acceptors (Lipinski definition) is 3. The van der Waals surface area contributed by atoms with Crippen LogP contribution < -0.4 is 0 Å². The van der Waals surface area contributed by atoms with E-state index in [2.05, 4.69) is 4.90 Å². The monoisotopic (exact) mass is 280 g/mol. The Morgan fingerprint density at radius 3 is 2.70 bits per heavy atom. The van der Waals surface area contributed by atoms with Crippen LogP contribution in [-0.2, 0) is 4.79 Å². The number of likely N-dealkylation sites (tertiary alicyclic amines) is 2. The number of piperidine rings is 1. The van der Waals surface area contributed by atoms with Crippen LogP contribution >= 0.6 is 0 Å². The third kappa shape index (κ3) is 2.37. The Morgan fingerprint density at radius 1 is 1.30 bits per heavy atom. The topological polar surface area (TPSA) is 43.8 Å². The van der Waals surface area contributed by atoms with Crippen molar-refractivity contribution in [2.75, 3.05) is 32.8 Å². The highest BCUT2D eigenvalue weighted by Gasteiger charge is 2.50. The lowest BCUT2D eigenvalue weighted by atomic mass is 9.73. The largest absolute Gasteiger partial charge is 0.396 e. The van der Waals surface area contributed by atoms with Crippen molar-refractivity contribution in [2.45, 2.75) is 51.5 Å². The maximum Gasteiger partial charge on any atom is 0.222 e. The van der Waals surface area contributed by atoms with E-state index in [0.29, 0.717) is 12.3 Å². The summed E-state index contributed by atoms with van der Waals surface area (Å²) in [6.07, 6.45) is 7.07. The molecule has 0 aromatic rings. The number of nitrogens with zero attached hydrogens (tertiary/aromatic N) is 2. The summed E-state index contributed by atoms with van der Waals surface area (Å²) in [5, 5.41) is 9.92. The number of rotatable bonds is 3. The Kier molecular flexibility index (Phi) is 4.04. The van der Waals surface area contributed by atoms with Gasteiger partial charge in [-0.25, -0.2) is 0 Å². The molecule has 1 N–H and O–H groups in total. The summed E-state index contributed by atoms with van der Waals surface area (Å²) in [5.41, 5.74) is -0.0140. The van der Waals surface area contributed by atoms with Crippen LogP contribution in [0, 0.1) is 11.3 Å². The van der Waals surface area contributed by atoms with Crippen molar-refractivity contribution in [3.63, 3.8) is 0 Å². The van der Waals surface area contributed by atoms with E-state index >= 15 is 0 Å². The Labute approximate surface area is 122 Å². The van der Waals surface area contributed by atoms with Crippen LogP contribution in [0.15, 0.2) is 0 Å². The van der Waals surface area contributed by atoms with Crippen LogP contribution in [0.1, 0.15) is 45.4 Å². The van der Waals surface area contributed by atoms with Gasteiger partial charge >= 0.3 is 0 Å². The molecule has 0 spiro atoms. The lowest BCUT2D eigenvalue weighted by Gasteiger charge is -2.44. The van der Waals surface area contributed by atoms with Gasteiger partial charge in [0.2, 0.25) is 5.91 Å². The molecule has 0 unspecified atom stereocenters. The molecule has 3 fully saturated rings. The number of amides is 1. The van der Waals surface area contributed by atoms with Crippen LogP contribution in [0.4, 0.5) is 0 Å². The van der Waals surface area contributed by atoms with Gasteiger partial charge in [-0.05, 0) is 31.7 Å². The van der Waals surface area contributed by atoms with E-state index < -0.39 is 0 Å². The second kappa shape index (κ2) is 5.64. The first kappa shape index (κ1) is 14.3. The third-order valence-corrected chi connectivity index (χ3v) is 5.98. The fourth-order valence-corrected chi connectivity index (χ4v) is 4.58. The van der Waals surface area contributed by atoms with Gasteiger partial charge in [-0.3, -0.25) is 9.69 Å². The van der Waals surface area contributed by atoms with E-state index in [1.807, 2.05) is 11.8 Å². The van der Waals surface area contributed by atoms with Gasteiger partial charge in [-0.1, -0.05) is 19.8 Å². The van der Waals surface area contributed by atoms with Crippen molar-refractivity contribution in [1.82, 2.24) is 9.80 Å².